The number of hydrogen-bond acceptors (Lipinski definition) is 2. The molecule has 0 radical (unpaired) electrons. The lowest BCUT2D eigenvalue weighted by Crippen LogP contribution is -1.85. The number of halogens is 1. The lowest BCUT2D eigenvalue weighted by atomic mass is 10.1. The maximum atomic E-state index is 13.6. The van der Waals surface area contributed by atoms with E-state index in [1.54, 1.807) is 31.2 Å². The fraction of sp³-hybridized carbons (Fsp3) is 0.0714. The van der Waals surface area contributed by atoms with Crippen molar-refractivity contribution in [2.75, 3.05) is 0 Å². The van der Waals surface area contributed by atoms with Crippen molar-refractivity contribution in [3.63, 3.8) is 0 Å². The standard InChI is InChI=1S/C14H11FN2O/c1-8-9(4-2-7-12(8)18)14-16-11-6-3-5-10(15)13(11)17-14/h2-7,18H,1H3,(H,16,17). The Hall–Kier alpha value is -2.36. The first-order chi connectivity index (χ1) is 8.66. The Morgan fingerprint density at radius 1 is 1.17 bits per heavy atom. The Morgan fingerprint density at radius 2 is 1.94 bits per heavy atom. The van der Waals surface area contributed by atoms with Crippen LogP contribution in [-0.4, -0.2) is 15.1 Å². The summed E-state index contributed by atoms with van der Waals surface area (Å²) in [5.74, 6) is 0.407. The molecule has 2 N–H and O–H groups in total. The van der Waals surface area contributed by atoms with Crippen LogP contribution in [-0.2, 0) is 0 Å². The summed E-state index contributed by atoms with van der Waals surface area (Å²) in [6.07, 6.45) is 0. The number of imidazole rings is 1. The van der Waals surface area contributed by atoms with Gasteiger partial charge in [-0.15, -0.1) is 0 Å². The average Bonchev–Trinajstić information content (AvgIpc) is 2.78. The highest BCUT2D eigenvalue weighted by Gasteiger charge is 2.11. The molecule has 0 fully saturated rings. The molecular formula is C14H11FN2O. The number of nitrogens with one attached hydrogen (secondary N) is 1. The number of rotatable bonds is 1. The van der Waals surface area contributed by atoms with E-state index in [9.17, 15) is 9.50 Å². The van der Waals surface area contributed by atoms with Gasteiger partial charge in [-0.05, 0) is 25.1 Å². The van der Waals surface area contributed by atoms with Crippen LogP contribution in [0.5, 0.6) is 5.75 Å². The molecule has 3 rings (SSSR count). The SMILES string of the molecule is Cc1c(O)cccc1-c1nc2c(F)cccc2[nH]1. The normalized spacial score (nSPS) is 11.0. The number of aromatic hydroxyl groups is 1. The molecule has 18 heavy (non-hydrogen) atoms. The molecule has 0 aliphatic heterocycles. The van der Waals surface area contributed by atoms with Crippen molar-refractivity contribution in [3.05, 3.63) is 47.8 Å². The van der Waals surface area contributed by atoms with E-state index in [0.29, 0.717) is 16.9 Å². The molecule has 0 saturated heterocycles. The molecule has 0 amide bonds. The molecule has 1 aromatic heterocycles. The molecule has 3 aromatic rings. The monoisotopic (exact) mass is 242 g/mol. The number of hydrogen-bond donors (Lipinski definition) is 2. The van der Waals surface area contributed by atoms with Crippen LogP contribution in [0.4, 0.5) is 4.39 Å². The van der Waals surface area contributed by atoms with Crippen molar-refractivity contribution in [1.29, 1.82) is 0 Å². The van der Waals surface area contributed by atoms with Crippen LogP contribution in [0.3, 0.4) is 0 Å². The first-order valence-corrected chi connectivity index (χ1v) is 5.60. The van der Waals surface area contributed by atoms with Gasteiger partial charge in [0.1, 0.15) is 17.1 Å². The van der Waals surface area contributed by atoms with Crippen LogP contribution in [0.1, 0.15) is 5.56 Å². The molecule has 1 heterocycles. The van der Waals surface area contributed by atoms with Crippen molar-refractivity contribution < 1.29 is 9.50 Å². The second-order valence-corrected chi connectivity index (χ2v) is 4.17. The third-order valence-electron chi connectivity index (χ3n) is 3.02. The lowest BCUT2D eigenvalue weighted by Gasteiger charge is -2.03. The van der Waals surface area contributed by atoms with Gasteiger partial charge in [-0.1, -0.05) is 18.2 Å². The molecule has 0 aliphatic carbocycles. The predicted octanol–water partition coefficient (Wildman–Crippen LogP) is 3.38. The van der Waals surface area contributed by atoms with Crippen molar-refractivity contribution in [2.45, 2.75) is 6.92 Å². The van der Waals surface area contributed by atoms with Crippen molar-refractivity contribution in [1.82, 2.24) is 9.97 Å². The van der Waals surface area contributed by atoms with E-state index in [1.165, 1.54) is 6.07 Å². The van der Waals surface area contributed by atoms with Gasteiger partial charge < -0.3 is 10.1 Å². The molecule has 90 valence electrons. The third-order valence-corrected chi connectivity index (χ3v) is 3.02. The highest BCUT2D eigenvalue weighted by atomic mass is 19.1. The molecule has 0 spiro atoms. The molecule has 4 heteroatoms. The molecule has 0 bridgehead atoms. The number of benzene rings is 2. The Bertz CT molecular complexity index is 734. The van der Waals surface area contributed by atoms with E-state index in [-0.39, 0.29) is 11.6 Å². The van der Waals surface area contributed by atoms with E-state index >= 15 is 0 Å². The van der Waals surface area contributed by atoms with Gasteiger partial charge in [0.2, 0.25) is 0 Å². The maximum absolute atomic E-state index is 13.6. The van der Waals surface area contributed by atoms with Gasteiger partial charge in [0.25, 0.3) is 0 Å². The van der Waals surface area contributed by atoms with E-state index < -0.39 is 0 Å². The van der Waals surface area contributed by atoms with E-state index in [1.807, 2.05) is 6.07 Å². The zero-order valence-corrected chi connectivity index (χ0v) is 9.74. The Morgan fingerprint density at radius 3 is 2.72 bits per heavy atom. The van der Waals surface area contributed by atoms with E-state index in [0.717, 1.165) is 11.1 Å². The minimum atomic E-state index is -0.354. The zero-order valence-electron chi connectivity index (χ0n) is 9.74. The average molecular weight is 242 g/mol. The number of aromatic amines is 1. The fourth-order valence-corrected chi connectivity index (χ4v) is 2.00. The summed E-state index contributed by atoms with van der Waals surface area (Å²) in [4.78, 5) is 7.30. The number of nitrogens with zero attached hydrogens (tertiary/aromatic N) is 1. The zero-order chi connectivity index (χ0) is 12.7. The minimum Gasteiger partial charge on any atom is -0.508 e. The van der Waals surface area contributed by atoms with Gasteiger partial charge in [-0.25, -0.2) is 9.37 Å². The Balaban J connectivity index is 2.26. The summed E-state index contributed by atoms with van der Waals surface area (Å²) < 4.78 is 13.6. The predicted molar refractivity (Wildman–Crippen MR) is 67.9 cm³/mol. The number of para-hydroxylation sites is 1. The van der Waals surface area contributed by atoms with Gasteiger partial charge in [0.05, 0.1) is 5.52 Å². The third kappa shape index (κ3) is 1.54. The van der Waals surface area contributed by atoms with Crippen LogP contribution in [0.2, 0.25) is 0 Å². The molecule has 0 saturated carbocycles. The van der Waals surface area contributed by atoms with Crippen LogP contribution < -0.4 is 0 Å². The summed E-state index contributed by atoms with van der Waals surface area (Å²) in [6, 6.07) is 9.97. The smallest absolute Gasteiger partial charge is 0.151 e. The first kappa shape index (κ1) is 10.8. The summed E-state index contributed by atoms with van der Waals surface area (Å²) in [5, 5.41) is 9.68. The topological polar surface area (TPSA) is 48.9 Å². The number of phenolic OH excluding ortho intramolecular Hbond substituents is 1. The quantitative estimate of drug-likeness (QED) is 0.687. The van der Waals surface area contributed by atoms with Crippen LogP contribution in [0.15, 0.2) is 36.4 Å². The molecule has 3 nitrogen and oxygen atoms in total. The summed E-state index contributed by atoms with van der Waals surface area (Å²) in [7, 11) is 0. The van der Waals surface area contributed by atoms with E-state index in [4.69, 9.17) is 0 Å². The van der Waals surface area contributed by atoms with Crippen molar-refractivity contribution in [3.8, 4) is 17.1 Å². The van der Waals surface area contributed by atoms with Gasteiger partial charge in [-0.2, -0.15) is 0 Å². The lowest BCUT2D eigenvalue weighted by molar-refractivity contribution is 0.471. The number of H-pyrrole nitrogens is 1. The summed E-state index contributed by atoms with van der Waals surface area (Å²) in [6.45, 7) is 1.80. The van der Waals surface area contributed by atoms with Crippen molar-refractivity contribution in [2.24, 2.45) is 0 Å². The largest absolute Gasteiger partial charge is 0.508 e. The van der Waals surface area contributed by atoms with Crippen LogP contribution in [0.25, 0.3) is 22.4 Å². The van der Waals surface area contributed by atoms with Crippen LogP contribution >= 0.6 is 0 Å². The number of aromatic nitrogens is 2. The summed E-state index contributed by atoms with van der Waals surface area (Å²) in [5.41, 5.74) is 2.45. The fourth-order valence-electron chi connectivity index (χ4n) is 2.00. The number of fused-ring (bicyclic) bond motifs is 1. The highest BCUT2D eigenvalue weighted by molar-refractivity contribution is 5.80. The van der Waals surface area contributed by atoms with E-state index in [2.05, 4.69) is 9.97 Å². The molecular weight excluding hydrogens is 231 g/mol. The van der Waals surface area contributed by atoms with Gasteiger partial charge in [-0.3, -0.25) is 0 Å². The van der Waals surface area contributed by atoms with Gasteiger partial charge in [0.15, 0.2) is 5.82 Å². The Kier molecular flexibility index (Phi) is 2.30. The number of phenols is 1. The highest BCUT2D eigenvalue weighted by Crippen LogP contribution is 2.29. The van der Waals surface area contributed by atoms with Gasteiger partial charge in [0, 0.05) is 11.1 Å². The Labute approximate surface area is 103 Å². The van der Waals surface area contributed by atoms with Crippen molar-refractivity contribution >= 4 is 11.0 Å². The first-order valence-electron chi connectivity index (χ1n) is 5.60. The molecule has 0 aliphatic rings. The second kappa shape index (κ2) is 3.84. The minimum absolute atomic E-state index is 0.202. The van der Waals surface area contributed by atoms with Gasteiger partial charge >= 0.3 is 0 Å². The second-order valence-electron chi connectivity index (χ2n) is 4.17. The maximum Gasteiger partial charge on any atom is 0.151 e. The molecule has 2 aromatic carbocycles. The van der Waals surface area contributed by atoms with Crippen LogP contribution in [0, 0.1) is 12.7 Å². The molecule has 0 unspecified atom stereocenters. The molecule has 0 atom stereocenters. The summed E-state index contributed by atoms with van der Waals surface area (Å²) >= 11 is 0.